The summed E-state index contributed by atoms with van der Waals surface area (Å²) < 4.78 is 1.90. The molecule has 1 aromatic carbocycles. The molecule has 0 amide bonds. The summed E-state index contributed by atoms with van der Waals surface area (Å²) in [4.78, 5) is 19.7. The van der Waals surface area contributed by atoms with E-state index in [-0.39, 0.29) is 17.1 Å². The first-order chi connectivity index (χ1) is 15.7. The molecule has 0 unspecified atom stereocenters. The van der Waals surface area contributed by atoms with Crippen LogP contribution >= 0.6 is 11.3 Å². The fraction of sp³-hybridized carbons (Fsp3) is 0.440. The summed E-state index contributed by atoms with van der Waals surface area (Å²) in [5.74, 6) is 0.824. The molecule has 0 spiro atoms. The average molecular weight is 465 g/mol. The van der Waals surface area contributed by atoms with E-state index < -0.39 is 0 Å². The minimum absolute atomic E-state index is 0.0313. The Bertz CT molecular complexity index is 1300. The Kier molecular flexibility index (Phi) is 6.50. The minimum Gasteiger partial charge on any atom is -0.322 e. The number of aromatic nitrogens is 5. The van der Waals surface area contributed by atoms with Crippen molar-refractivity contribution >= 4 is 22.2 Å². The van der Waals surface area contributed by atoms with Crippen LogP contribution in [0.1, 0.15) is 67.5 Å². The van der Waals surface area contributed by atoms with Gasteiger partial charge in [-0.2, -0.15) is 0 Å². The molecule has 8 heteroatoms. The van der Waals surface area contributed by atoms with Gasteiger partial charge in [0.2, 0.25) is 0 Å². The van der Waals surface area contributed by atoms with Crippen molar-refractivity contribution in [2.45, 2.75) is 72.6 Å². The maximum Gasteiger partial charge on any atom is 0.252 e. The third kappa shape index (κ3) is 4.91. The van der Waals surface area contributed by atoms with Crippen LogP contribution in [0.15, 0.2) is 40.5 Å². The molecule has 4 rings (SSSR count). The van der Waals surface area contributed by atoms with Crippen LogP contribution in [0, 0.1) is 13.8 Å². The predicted molar refractivity (Wildman–Crippen MR) is 133 cm³/mol. The van der Waals surface area contributed by atoms with Crippen molar-refractivity contribution in [1.82, 2.24) is 30.1 Å². The molecule has 7 nitrogen and oxygen atoms in total. The molecule has 0 aliphatic rings. The van der Waals surface area contributed by atoms with Gasteiger partial charge in [-0.1, -0.05) is 13.0 Å². The van der Waals surface area contributed by atoms with E-state index in [4.69, 9.17) is 0 Å². The van der Waals surface area contributed by atoms with Crippen LogP contribution in [-0.2, 0) is 18.6 Å². The molecule has 0 saturated heterocycles. The van der Waals surface area contributed by atoms with Crippen molar-refractivity contribution < 1.29 is 0 Å². The lowest BCUT2D eigenvalue weighted by atomic mass is 10.0. The zero-order valence-corrected chi connectivity index (χ0v) is 21.0. The highest BCUT2D eigenvalue weighted by Crippen LogP contribution is 2.30. The summed E-state index contributed by atoms with van der Waals surface area (Å²) >= 11 is 1.72. The number of nitrogens with one attached hydrogen (secondary N) is 1. The maximum absolute atomic E-state index is 13.1. The van der Waals surface area contributed by atoms with Gasteiger partial charge in [-0.3, -0.25) is 9.69 Å². The van der Waals surface area contributed by atoms with Gasteiger partial charge in [0, 0.05) is 29.0 Å². The number of hydrogen-bond acceptors (Lipinski definition) is 6. The second kappa shape index (κ2) is 9.19. The Balaban J connectivity index is 1.76. The van der Waals surface area contributed by atoms with Crippen LogP contribution in [0.25, 0.3) is 10.9 Å². The normalized spacial score (nSPS) is 13.2. The number of nitrogens with zero attached hydrogens (tertiary/aromatic N) is 5. The van der Waals surface area contributed by atoms with E-state index in [0.717, 1.165) is 35.3 Å². The van der Waals surface area contributed by atoms with Gasteiger partial charge in [0.1, 0.15) is 0 Å². The van der Waals surface area contributed by atoms with Crippen molar-refractivity contribution in [3.05, 3.63) is 73.5 Å². The first-order valence-corrected chi connectivity index (χ1v) is 12.2. The van der Waals surface area contributed by atoms with E-state index in [1.165, 1.54) is 16.0 Å². The molecule has 0 fully saturated rings. The summed E-state index contributed by atoms with van der Waals surface area (Å²) in [5, 5.41) is 15.8. The van der Waals surface area contributed by atoms with Crippen LogP contribution in [0.5, 0.6) is 0 Å². The highest BCUT2D eigenvalue weighted by molar-refractivity contribution is 7.09. The van der Waals surface area contributed by atoms with Gasteiger partial charge in [0.05, 0.1) is 11.6 Å². The predicted octanol–water partition coefficient (Wildman–Crippen LogP) is 5.10. The molecule has 33 heavy (non-hydrogen) atoms. The number of fused-ring (bicyclic) bond motifs is 1. The lowest BCUT2D eigenvalue weighted by Crippen LogP contribution is -2.35. The van der Waals surface area contributed by atoms with Crippen molar-refractivity contribution in [3.8, 4) is 0 Å². The first-order valence-electron chi connectivity index (χ1n) is 11.4. The number of benzene rings is 1. The molecular weight excluding hydrogens is 432 g/mol. The van der Waals surface area contributed by atoms with Crippen molar-refractivity contribution in [2.24, 2.45) is 0 Å². The molecule has 0 aliphatic carbocycles. The van der Waals surface area contributed by atoms with E-state index in [1.807, 2.05) is 16.8 Å². The highest BCUT2D eigenvalue weighted by atomic mass is 32.1. The maximum atomic E-state index is 13.1. The monoisotopic (exact) mass is 464 g/mol. The van der Waals surface area contributed by atoms with Gasteiger partial charge in [-0.15, -0.1) is 16.4 Å². The number of thiophene rings is 1. The second-order valence-corrected chi connectivity index (χ2v) is 10.7. The Morgan fingerprint density at radius 2 is 1.91 bits per heavy atom. The molecule has 3 heterocycles. The summed E-state index contributed by atoms with van der Waals surface area (Å²) in [6.45, 7) is 13.8. The van der Waals surface area contributed by atoms with Crippen molar-refractivity contribution in [3.63, 3.8) is 0 Å². The Morgan fingerprint density at radius 3 is 2.58 bits per heavy atom. The Morgan fingerprint density at radius 1 is 1.15 bits per heavy atom. The molecule has 1 atom stereocenters. The average Bonchev–Trinajstić information content (AvgIpc) is 3.43. The molecule has 174 valence electrons. The first kappa shape index (κ1) is 23.3. The Labute approximate surface area is 198 Å². The zero-order valence-electron chi connectivity index (χ0n) is 20.2. The van der Waals surface area contributed by atoms with Gasteiger partial charge in [-0.05, 0) is 97.6 Å². The van der Waals surface area contributed by atoms with Gasteiger partial charge >= 0.3 is 0 Å². The molecule has 4 aromatic rings. The van der Waals surface area contributed by atoms with E-state index in [0.29, 0.717) is 6.54 Å². The molecule has 0 radical (unpaired) electrons. The van der Waals surface area contributed by atoms with Crippen molar-refractivity contribution in [2.75, 3.05) is 0 Å². The summed E-state index contributed by atoms with van der Waals surface area (Å²) in [7, 11) is 0. The molecule has 0 saturated carbocycles. The zero-order chi connectivity index (χ0) is 23.8. The number of aryl methyl sites for hydroxylation is 2. The minimum atomic E-state index is -0.239. The fourth-order valence-corrected chi connectivity index (χ4v) is 4.95. The summed E-state index contributed by atoms with van der Waals surface area (Å²) in [5.41, 5.74) is 3.72. The smallest absolute Gasteiger partial charge is 0.252 e. The van der Waals surface area contributed by atoms with Gasteiger partial charge in [-0.25, -0.2) is 4.68 Å². The summed E-state index contributed by atoms with van der Waals surface area (Å²) in [6.07, 6.45) is 0.825. The third-order valence-corrected chi connectivity index (χ3v) is 6.96. The number of tetrazole rings is 1. The van der Waals surface area contributed by atoms with Gasteiger partial charge in [0.25, 0.3) is 5.56 Å². The number of rotatable bonds is 7. The fourth-order valence-electron chi connectivity index (χ4n) is 4.22. The quantitative estimate of drug-likeness (QED) is 0.411. The van der Waals surface area contributed by atoms with Crippen LogP contribution < -0.4 is 5.56 Å². The van der Waals surface area contributed by atoms with Crippen LogP contribution in [0.3, 0.4) is 0 Å². The van der Waals surface area contributed by atoms with E-state index in [9.17, 15) is 4.79 Å². The van der Waals surface area contributed by atoms with Gasteiger partial charge in [0.15, 0.2) is 5.82 Å². The number of hydrogen-bond donors (Lipinski definition) is 1. The molecule has 0 aliphatic heterocycles. The van der Waals surface area contributed by atoms with Gasteiger partial charge < -0.3 is 4.98 Å². The largest absolute Gasteiger partial charge is 0.322 e. The van der Waals surface area contributed by atoms with Crippen molar-refractivity contribution in [1.29, 1.82) is 0 Å². The highest BCUT2D eigenvalue weighted by Gasteiger charge is 2.29. The molecule has 1 N–H and O–H groups in total. The topological polar surface area (TPSA) is 79.7 Å². The second-order valence-electron chi connectivity index (χ2n) is 9.68. The van der Waals surface area contributed by atoms with Crippen LogP contribution in [0.2, 0.25) is 0 Å². The van der Waals surface area contributed by atoms with E-state index in [2.05, 4.69) is 90.5 Å². The number of pyridine rings is 1. The standard InChI is InChI=1S/C25H32N6OS/c1-7-22(23-27-28-29-31(23)25(4,5)6)30(15-20-9-8-10-33-20)14-19-13-18-11-16(2)17(3)12-21(18)26-24(19)32/h8-13,22H,7,14-15H2,1-6H3,(H,26,32)/t22-/m0/s1. The lowest BCUT2D eigenvalue weighted by Gasteiger charge is -2.32. The van der Waals surface area contributed by atoms with E-state index in [1.54, 1.807) is 11.3 Å². The lowest BCUT2D eigenvalue weighted by molar-refractivity contribution is 0.155. The summed E-state index contributed by atoms with van der Waals surface area (Å²) in [6, 6.07) is 10.4. The molecule has 3 aromatic heterocycles. The van der Waals surface area contributed by atoms with E-state index >= 15 is 0 Å². The van der Waals surface area contributed by atoms with Crippen LogP contribution in [0.4, 0.5) is 0 Å². The molecule has 0 bridgehead atoms. The van der Waals surface area contributed by atoms with Crippen LogP contribution in [-0.4, -0.2) is 30.1 Å². The Hall–Kier alpha value is -2.84. The molecular formula is C25H32N6OS. The number of H-pyrrole nitrogens is 1. The third-order valence-electron chi connectivity index (χ3n) is 6.10. The number of aromatic amines is 1. The SMILES string of the molecule is CC[C@@H](c1nnnn1C(C)(C)C)N(Cc1cccs1)Cc1cc2cc(C)c(C)cc2[nH]c1=O.